The first-order valence-corrected chi connectivity index (χ1v) is 8.15. The number of halogens is 1. The molecule has 0 bridgehead atoms. The third-order valence-corrected chi connectivity index (χ3v) is 5.09. The van der Waals surface area contributed by atoms with Crippen LogP contribution in [0.4, 0.5) is 0 Å². The Bertz CT molecular complexity index is 555. The Kier molecular flexibility index (Phi) is 4.21. The summed E-state index contributed by atoms with van der Waals surface area (Å²) in [6, 6.07) is 10.6. The van der Waals surface area contributed by atoms with Crippen LogP contribution in [0.5, 0.6) is 5.75 Å². The molecule has 0 radical (unpaired) electrons. The molecule has 1 N–H and O–H groups in total. The van der Waals surface area contributed by atoms with Gasteiger partial charge >= 0.3 is 0 Å². The van der Waals surface area contributed by atoms with Crippen LogP contribution in [0.2, 0.25) is 0 Å². The number of rotatable bonds is 4. The number of fused-ring (bicyclic) bond motifs is 1. The zero-order valence-corrected chi connectivity index (χ0v) is 13.0. The molecule has 0 amide bonds. The van der Waals surface area contributed by atoms with Crippen LogP contribution in [0.25, 0.3) is 0 Å². The normalized spacial score (nSPS) is 17.8. The Balaban J connectivity index is 1.59. The molecule has 2 aromatic rings. The molecule has 19 heavy (non-hydrogen) atoms. The van der Waals surface area contributed by atoms with E-state index >= 15 is 0 Å². The summed E-state index contributed by atoms with van der Waals surface area (Å²) in [6.45, 7) is 2.78. The molecule has 0 aliphatic carbocycles. The van der Waals surface area contributed by atoms with Gasteiger partial charge in [0, 0.05) is 33.7 Å². The molecular weight excluding hydrogens is 322 g/mol. The van der Waals surface area contributed by atoms with E-state index in [4.69, 9.17) is 4.74 Å². The largest absolute Gasteiger partial charge is 0.493 e. The molecule has 1 aromatic carbocycles. The molecule has 0 fully saturated rings. The predicted molar refractivity (Wildman–Crippen MR) is 83.0 cm³/mol. The van der Waals surface area contributed by atoms with Gasteiger partial charge in [0.25, 0.3) is 0 Å². The van der Waals surface area contributed by atoms with Gasteiger partial charge in [-0.1, -0.05) is 18.2 Å². The minimum atomic E-state index is 0.563. The summed E-state index contributed by atoms with van der Waals surface area (Å²) >= 11 is 5.28. The van der Waals surface area contributed by atoms with Gasteiger partial charge in [-0.05, 0) is 40.0 Å². The maximum Gasteiger partial charge on any atom is 0.122 e. The van der Waals surface area contributed by atoms with Gasteiger partial charge in [0.05, 0.1) is 6.61 Å². The summed E-state index contributed by atoms with van der Waals surface area (Å²) in [7, 11) is 0. The van der Waals surface area contributed by atoms with E-state index in [1.165, 1.54) is 14.9 Å². The average molecular weight is 338 g/mol. The quantitative estimate of drug-likeness (QED) is 0.904. The highest BCUT2D eigenvalue weighted by Crippen LogP contribution is 2.32. The number of ether oxygens (including phenoxy) is 1. The van der Waals surface area contributed by atoms with E-state index in [-0.39, 0.29) is 0 Å². The van der Waals surface area contributed by atoms with Crippen LogP contribution in [0.3, 0.4) is 0 Å². The van der Waals surface area contributed by atoms with E-state index in [0.717, 1.165) is 31.9 Å². The molecule has 1 aliphatic rings. The fourth-order valence-corrected chi connectivity index (χ4v) is 3.86. The highest BCUT2D eigenvalue weighted by atomic mass is 79.9. The van der Waals surface area contributed by atoms with Crippen molar-refractivity contribution >= 4 is 27.3 Å². The van der Waals surface area contributed by atoms with Crippen LogP contribution >= 0.6 is 27.3 Å². The maximum atomic E-state index is 5.69. The standard InChI is InChI=1S/C15H16BrNOS/c16-12-7-13(19-10-12)9-17-8-11-5-6-18-15-4-2-1-3-14(11)15/h1-4,7,10-11,17H,5-6,8-9H2. The molecule has 1 aromatic heterocycles. The van der Waals surface area contributed by atoms with Gasteiger partial charge in [0.15, 0.2) is 0 Å². The molecule has 0 spiro atoms. The Morgan fingerprint density at radius 3 is 3.11 bits per heavy atom. The molecule has 2 nitrogen and oxygen atoms in total. The first-order valence-electron chi connectivity index (χ1n) is 6.48. The highest BCUT2D eigenvalue weighted by molar-refractivity contribution is 9.10. The van der Waals surface area contributed by atoms with E-state index in [1.807, 2.05) is 6.07 Å². The van der Waals surface area contributed by atoms with Gasteiger partial charge in [0.2, 0.25) is 0 Å². The van der Waals surface area contributed by atoms with Gasteiger partial charge in [-0.25, -0.2) is 0 Å². The zero-order chi connectivity index (χ0) is 13.1. The average Bonchev–Trinajstić information content (AvgIpc) is 2.85. The smallest absolute Gasteiger partial charge is 0.122 e. The van der Waals surface area contributed by atoms with Crippen molar-refractivity contribution in [2.75, 3.05) is 13.2 Å². The molecule has 4 heteroatoms. The van der Waals surface area contributed by atoms with Crippen molar-refractivity contribution in [3.63, 3.8) is 0 Å². The molecule has 2 heterocycles. The van der Waals surface area contributed by atoms with Gasteiger partial charge in [-0.15, -0.1) is 11.3 Å². The molecular formula is C15H16BrNOS. The van der Waals surface area contributed by atoms with E-state index in [2.05, 4.69) is 50.9 Å². The van der Waals surface area contributed by atoms with Crippen LogP contribution in [0.1, 0.15) is 22.8 Å². The van der Waals surface area contributed by atoms with Crippen molar-refractivity contribution in [1.29, 1.82) is 0 Å². The maximum absolute atomic E-state index is 5.69. The summed E-state index contributed by atoms with van der Waals surface area (Å²) in [5, 5.41) is 5.69. The molecule has 1 unspecified atom stereocenters. The third kappa shape index (κ3) is 3.19. The first-order chi connectivity index (χ1) is 9.33. The summed E-state index contributed by atoms with van der Waals surface area (Å²) in [6.07, 6.45) is 1.10. The van der Waals surface area contributed by atoms with Crippen molar-refractivity contribution < 1.29 is 4.74 Å². The van der Waals surface area contributed by atoms with Crippen LogP contribution in [0.15, 0.2) is 40.2 Å². The van der Waals surface area contributed by atoms with Crippen molar-refractivity contribution in [3.05, 3.63) is 50.6 Å². The lowest BCUT2D eigenvalue weighted by atomic mass is 9.93. The Labute approximate surface area is 125 Å². The molecule has 3 rings (SSSR count). The summed E-state index contributed by atoms with van der Waals surface area (Å²) in [5.41, 5.74) is 1.34. The lowest BCUT2D eigenvalue weighted by Gasteiger charge is -2.26. The van der Waals surface area contributed by atoms with Crippen molar-refractivity contribution in [2.45, 2.75) is 18.9 Å². The molecule has 100 valence electrons. The minimum Gasteiger partial charge on any atom is -0.493 e. The Morgan fingerprint density at radius 1 is 1.37 bits per heavy atom. The van der Waals surface area contributed by atoms with Gasteiger partial charge in [-0.3, -0.25) is 0 Å². The van der Waals surface area contributed by atoms with Crippen LogP contribution in [-0.2, 0) is 6.54 Å². The minimum absolute atomic E-state index is 0.563. The van der Waals surface area contributed by atoms with Crippen molar-refractivity contribution in [2.24, 2.45) is 0 Å². The second-order valence-corrected chi connectivity index (χ2v) is 6.65. The lowest BCUT2D eigenvalue weighted by molar-refractivity contribution is 0.264. The number of para-hydroxylation sites is 1. The van der Waals surface area contributed by atoms with Crippen LogP contribution in [-0.4, -0.2) is 13.2 Å². The SMILES string of the molecule is Brc1csc(CNCC2CCOc3ccccc32)c1. The van der Waals surface area contributed by atoms with Gasteiger partial charge in [-0.2, -0.15) is 0 Å². The summed E-state index contributed by atoms with van der Waals surface area (Å²) < 4.78 is 6.86. The first kappa shape index (κ1) is 13.2. The Morgan fingerprint density at radius 2 is 2.26 bits per heavy atom. The number of nitrogens with one attached hydrogen (secondary N) is 1. The number of hydrogen-bond acceptors (Lipinski definition) is 3. The highest BCUT2D eigenvalue weighted by Gasteiger charge is 2.20. The Hall–Kier alpha value is -0.840. The van der Waals surface area contributed by atoms with Gasteiger partial charge < -0.3 is 10.1 Å². The van der Waals surface area contributed by atoms with Gasteiger partial charge in [0.1, 0.15) is 5.75 Å². The topological polar surface area (TPSA) is 21.3 Å². The zero-order valence-electron chi connectivity index (χ0n) is 10.6. The van der Waals surface area contributed by atoms with Crippen molar-refractivity contribution in [3.8, 4) is 5.75 Å². The molecule has 1 aliphatic heterocycles. The number of benzene rings is 1. The van der Waals surface area contributed by atoms with Crippen LogP contribution in [0, 0.1) is 0 Å². The van der Waals surface area contributed by atoms with E-state index in [0.29, 0.717) is 5.92 Å². The third-order valence-electron chi connectivity index (χ3n) is 3.39. The van der Waals surface area contributed by atoms with E-state index in [1.54, 1.807) is 11.3 Å². The van der Waals surface area contributed by atoms with E-state index in [9.17, 15) is 0 Å². The van der Waals surface area contributed by atoms with E-state index < -0.39 is 0 Å². The second-order valence-electron chi connectivity index (χ2n) is 4.73. The molecule has 0 saturated heterocycles. The summed E-state index contributed by atoms with van der Waals surface area (Å²) in [5.74, 6) is 1.62. The van der Waals surface area contributed by atoms with Crippen LogP contribution < -0.4 is 10.1 Å². The monoisotopic (exact) mass is 337 g/mol. The fourth-order valence-electron chi connectivity index (χ4n) is 2.44. The summed E-state index contributed by atoms with van der Waals surface area (Å²) in [4.78, 5) is 1.37. The second kappa shape index (κ2) is 6.07. The fraction of sp³-hybridized carbons (Fsp3) is 0.333. The number of hydrogen-bond donors (Lipinski definition) is 1. The molecule has 1 atom stereocenters. The lowest BCUT2D eigenvalue weighted by Crippen LogP contribution is -2.25. The molecule has 0 saturated carbocycles. The predicted octanol–water partition coefficient (Wildman–Crippen LogP) is 4.17. The van der Waals surface area contributed by atoms with Crippen molar-refractivity contribution in [1.82, 2.24) is 5.32 Å². The number of thiophene rings is 1.